The van der Waals surface area contributed by atoms with Gasteiger partial charge < -0.3 is 10.2 Å². The van der Waals surface area contributed by atoms with E-state index in [0.717, 1.165) is 35.9 Å². The Balaban J connectivity index is 1.52. The maximum Gasteiger partial charge on any atom is 0.267 e. The van der Waals surface area contributed by atoms with Crippen LogP contribution in [0.25, 0.3) is 0 Å². The second-order valence-electron chi connectivity index (χ2n) is 6.57. The molecule has 0 aromatic carbocycles. The summed E-state index contributed by atoms with van der Waals surface area (Å²) < 4.78 is 1.19. The molecule has 0 radical (unpaired) electrons. The molecule has 0 bridgehead atoms. The summed E-state index contributed by atoms with van der Waals surface area (Å²) in [7, 11) is 0. The Labute approximate surface area is 152 Å². The first kappa shape index (κ1) is 18.0. The lowest BCUT2D eigenvalue weighted by atomic mass is 10.2. The first-order chi connectivity index (χ1) is 12.5. The largest absolute Gasteiger partial charge is 0.357 e. The molecule has 0 atom stereocenters. The SMILES string of the molecule is Cc1cc(=O)n(CC(=O)NCCc2cc(N3CCCC3)ncn2)nc1C. The Hall–Kier alpha value is -2.77. The molecular weight excluding hydrogens is 332 g/mol. The quantitative estimate of drug-likeness (QED) is 0.815. The summed E-state index contributed by atoms with van der Waals surface area (Å²) in [5.41, 5.74) is 2.19. The van der Waals surface area contributed by atoms with Gasteiger partial charge in [-0.25, -0.2) is 14.6 Å². The fourth-order valence-corrected chi connectivity index (χ4v) is 2.95. The molecule has 2 aromatic heterocycles. The van der Waals surface area contributed by atoms with Gasteiger partial charge in [0.15, 0.2) is 0 Å². The Morgan fingerprint density at radius 1 is 1.19 bits per heavy atom. The number of carbonyl (C=O) groups excluding carboxylic acids is 1. The van der Waals surface area contributed by atoms with Crippen LogP contribution in [0.2, 0.25) is 0 Å². The van der Waals surface area contributed by atoms with Crippen molar-refractivity contribution >= 4 is 11.7 Å². The average molecular weight is 356 g/mol. The van der Waals surface area contributed by atoms with Gasteiger partial charge in [-0.15, -0.1) is 0 Å². The van der Waals surface area contributed by atoms with Crippen molar-refractivity contribution in [2.45, 2.75) is 39.7 Å². The smallest absolute Gasteiger partial charge is 0.267 e. The van der Waals surface area contributed by atoms with Crippen LogP contribution in [0.15, 0.2) is 23.3 Å². The van der Waals surface area contributed by atoms with Gasteiger partial charge in [0, 0.05) is 43.9 Å². The van der Waals surface area contributed by atoms with E-state index in [1.165, 1.54) is 23.6 Å². The van der Waals surface area contributed by atoms with Crippen molar-refractivity contribution in [2.24, 2.45) is 0 Å². The number of hydrogen-bond acceptors (Lipinski definition) is 6. The highest BCUT2D eigenvalue weighted by Gasteiger charge is 2.14. The molecule has 3 heterocycles. The third-order valence-electron chi connectivity index (χ3n) is 4.57. The van der Waals surface area contributed by atoms with Crippen LogP contribution in [0.1, 0.15) is 29.8 Å². The Morgan fingerprint density at radius 2 is 1.96 bits per heavy atom. The van der Waals surface area contributed by atoms with E-state index < -0.39 is 0 Å². The zero-order valence-corrected chi connectivity index (χ0v) is 15.2. The molecular formula is C18H24N6O2. The summed E-state index contributed by atoms with van der Waals surface area (Å²) in [6.45, 7) is 6.08. The van der Waals surface area contributed by atoms with Crippen LogP contribution in [0, 0.1) is 13.8 Å². The molecule has 26 heavy (non-hydrogen) atoms. The molecule has 0 saturated carbocycles. The van der Waals surface area contributed by atoms with Crippen LogP contribution in [-0.2, 0) is 17.8 Å². The van der Waals surface area contributed by atoms with Gasteiger partial charge in [-0.1, -0.05) is 0 Å². The Bertz CT molecular complexity index is 842. The molecule has 1 saturated heterocycles. The second kappa shape index (κ2) is 8.07. The van der Waals surface area contributed by atoms with Crippen LogP contribution >= 0.6 is 0 Å². The van der Waals surface area contributed by atoms with E-state index in [1.807, 2.05) is 19.9 Å². The maximum atomic E-state index is 12.1. The number of anilines is 1. The van der Waals surface area contributed by atoms with Crippen LogP contribution in [0.5, 0.6) is 0 Å². The number of rotatable bonds is 6. The number of aryl methyl sites for hydroxylation is 2. The minimum absolute atomic E-state index is 0.0806. The van der Waals surface area contributed by atoms with E-state index in [2.05, 4.69) is 25.3 Å². The standard InChI is InChI=1S/C18H24N6O2/c1-13-9-18(26)24(22-14(13)2)11-17(25)19-6-5-15-10-16(21-12-20-15)23-7-3-4-8-23/h9-10,12H,3-8,11H2,1-2H3,(H,19,25). The van der Waals surface area contributed by atoms with Gasteiger partial charge in [0.1, 0.15) is 18.7 Å². The summed E-state index contributed by atoms with van der Waals surface area (Å²) in [6, 6.07) is 3.48. The van der Waals surface area contributed by atoms with Gasteiger partial charge in [0.25, 0.3) is 5.56 Å². The van der Waals surface area contributed by atoms with Gasteiger partial charge in [0.05, 0.1) is 5.69 Å². The molecule has 1 fully saturated rings. The molecule has 1 aliphatic heterocycles. The number of amides is 1. The molecule has 8 heteroatoms. The summed E-state index contributed by atoms with van der Waals surface area (Å²) in [4.78, 5) is 34.8. The van der Waals surface area contributed by atoms with Crippen molar-refractivity contribution in [3.63, 3.8) is 0 Å². The van der Waals surface area contributed by atoms with Gasteiger partial charge in [-0.3, -0.25) is 9.59 Å². The zero-order valence-electron chi connectivity index (χ0n) is 15.2. The minimum atomic E-state index is -0.269. The Kier molecular flexibility index (Phi) is 5.60. The maximum absolute atomic E-state index is 12.1. The number of nitrogens with one attached hydrogen (secondary N) is 1. The van der Waals surface area contributed by atoms with Crippen molar-refractivity contribution in [3.8, 4) is 0 Å². The van der Waals surface area contributed by atoms with E-state index in [4.69, 9.17) is 0 Å². The average Bonchev–Trinajstić information content (AvgIpc) is 3.15. The molecule has 1 amide bonds. The van der Waals surface area contributed by atoms with Crippen molar-refractivity contribution < 1.29 is 4.79 Å². The number of aromatic nitrogens is 4. The van der Waals surface area contributed by atoms with Gasteiger partial charge in [0.2, 0.25) is 5.91 Å². The first-order valence-electron chi connectivity index (χ1n) is 8.91. The predicted octanol–water partition coefficient (Wildman–Crippen LogP) is 0.609. The highest BCUT2D eigenvalue weighted by Crippen LogP contribution is 2.17. The molecule has 8 nitrogen and oxygen atoms in total. The number of carbonyl (C=O) groups is 1. The lowest BCUT2D eigenvalue weighted by Crippen LogP contribution is -2.35. The molecule has 0 aliphatic carbocycles. The summed E-state index contributed by atoms with van der Waals surface area (Å²) in [6.07, 6.45) is 4.58. The molecule has 0 unspecified atom stereocenters. The van der Waals surface area contributed by atoms with Crippen LogP contribution < -0.4 is 15.8 Å². The van der Waals surface area contributed by atoms with Crippen molar-refractivity contribution in [1.82, 2.24) is 25.1 Å². The van der Waals surface area contributed by atoms with E-state index >= 15 is 0 Å². The van der Waals surface area contributed by atoms with Crippen molar-refractivity contribution in [2.75, 3.05) is 24.5 Å². The van der Waals surface area contributed by atoms with Gasteiger partial charge in [-0.05, 0) is 32.3 Å². The number of nitrogens with zero attached hydrogens (tertiary/aromatic N) is 5. The topological polar surface area (TPSA) is 93.0 Å². The minimum Gasteiger partial charge on any atom is -0.357 e. The third-order valence-corrected chi connectivity index (χ3v) is 4.57. The molecule has 1 N–H and O–H groups in total. The molecule has 138 valence electrons. The summed E-state index contributed by atoms with van der Waals surface area (Å²) in [5, 5.41) is 6.97. The van der Waals surface area contributed by atoms with E-state index in [-0.39, 0.29) is 18.0 Å². The molecule has 2 aromatic rings. The van der Waals surface area contributed by atoms with Crippen LogP contribution in [-0.4, -0.2) is 45.3 Å². The lowest BCUT2D eigenvalue weighted by molar-refractivity contribution is -0.121. The van der Waals surface area contributed by atoms with Gasteiger partial charge >= 0.3 is 0 Å². The molecule has 0 spiro atoms. The van der Waals surface area contributed by atoms with Gasteiger partial charge in [-0.2, -0.15) is 5.10 Å². The highest BCUT2D eigenvalue weighted by atomic mass is 16.2. The first-order valence-corrected chi connectivity index (χ1v) is 8.91. The summed E-state index contributed by atoms with van der Waals surface area (Å²) >= 11 is 0. The zero-order chi connectivity index (χ0) is 18.5. The van der Waals surface area contributed by atoms with E-state index in [1.54, 1.807) is 6.33 Å². The molecule has 1 aliphatic rings. The molecule has 3 rings (SSSR count). The van der Waals surface area contributed by atoms with Crippen molar-refractivity contribution in [1.29, 1.82) is 0 Å². The van der Waals surface area contributed by atoms with Crippen molar-refractivity contribution in [3.05, 3.63) is 45.8 Å². The monoisotopic (exact) mass is 356 g/mol. The number of hydrogen-bond donors (Lipinski definition) is 1. The van der Waals surface area contributed by atoms with E-state index in [9.17, 15) is 9.59 Å². The predicted molar refractivity (Wildman–Crippen MR) is 98.2 cm³/mol. The van der Waals surface area contributed by atoms with Crippen LogP contribution in [0.4, 0.5) is 5.82 Å². The summed E-state index contributed by atoms with van der Waals surface area (Å²) in [5.74, 6) is 0.710. The highest BCUT2D eigenvalue weighted by molar-refractivity contribution is 5.75. The third kappa shape index (κ3) is 4.44. The normalized spacial score (nSPS) is 13.8. The second-order valence-corrected chi connectivity index (χ2v) is 6.57. The lowest BCUT2D eigenvalue weighted by Gasteiger charge is -2.16. The van der Waals surface area contributed by atoms with E-state index in [0.29, 0.717) is 13.0 Å². The Morgan fingerprint density at radius 3 is 2.73 bits per heavy atom. The fourth-order valence-electron chi connectivity index (χ4n) is 2.95. The van der Waals surface area contributed by atoms with Crippen LogP contribution in [0.3, 0.4) is 0 Å². The fraction of sp³-hybridized carbons (Fsp3) is 0.500.